The number of pyridine rings is 1. The van der Waals surface area contributed by atoms with E-state index in [-0.39, 0.29) is 13.0 Å². The lowest BCUT2D eigenvalue weighted by atomic mass is 10.1. The van der Waals surface area contributed by atoms with Crippen LogP contribution in [0.4, 0.5) is 0 Å². The summed E-state index contributed by atoms with van der Waals surface area (Å²) in [4.78, 5) is 16.7. The van der Waals surface area contributed by atoms with Gasteiger partial charge in [-0.3, -0.25) is 4.79 Å². The smallest absolute Gasteiger partial charge is 0.312 e. The summed E-state index contributed by atoms with van der Waals surface area (Å²) >= 11 is 6.40. The second kappa shape index (κ2) is 6.77. The zero-order valence-corrected chi connectivity index (χ0v) is 14.8. The number of aromatic nitrogens is 2. The normalized spacial score (nSPS) is 11.2. The SMILES string of the molecule is Cc1c(Cl)c(COC(=O)Cc2noc3ccccc23)nc2ccccc12. The number of benzene rings is 2. The van der Waals surface area contributed by atoms with Crippen LogP contribution in [0.25, 0.3) is 21.9 Å². The number of para-hydroxylation sites is 2. The highest BCUT2D eigenvalue weighted by molar-refractivity contribution is 6.32. The lowest BCUT2D eigenvalue weighted by molar-refractivity contribution is -0.144. The van der Waals surface area contributed by atoms with Crippen LogP contribution in [0, 0.1) is 6.92 Å². The third kappa shape index (κ3) is 3.02. The van der Waals surface area contributed by atoms with Crippen LogP contribution in [0.1, 0.15) is 17.0 Å². The molecule has 0 bridgehead atoms. The maximum Gasteiger partial charge on any atom is 0.312 e. The third-order valence-corrected chi connectivity index (χ3v) is 4.78. The van der Waals surface area contributed by atoms with Gasteiger partial charge in [-0.15, -0.1) is 0 Å². The van der Waals surface area contributed by atoms with Crippen LogP contribution in [0.2, 0.25) is 5.02 Å². The van der Waals surface area contributed by atoms with Gasteiger partial charge >= 0.3 is 5.97 Å². The van der Waals surface area contributed by atoms with Crippen molar-refractivity contribution in [1.82, 2.24) is 10.1 Å². The molecule has 26 heavy (non-hydrogen) atoms. The van der Waals surface area contributed by atoms with Crippen LogP contribution in [-0.2, 0) is 22.6 Å². The molecule has 4 aromatic rings. The van der Waals surface area contributed by atoms with E-state index in [0.29, 0.717) is 22.0 Å². The molecule has 2 aromatic heterocycles. The molecule has 0 amide bonds. The van der Waals surface area contributed by atoms with Gasteiger partial charge in [0.05, 0.1) is 22.7 Å². The van der Waals surface area contributed by atoms with Gasteiger partial charge in [-0.25, -0.2) is 4.98 Å². The van der Waals surface area contributed by atoms with Gasteiger partial charge < -0.3 is 9.26 Å². The van der Waals surface area contributed by atoms with E-state index in [1.807, 2.05) is 49.4 Å². The fourth-order valence-corrected chi connectivity index (χ4v) is 3.11. The Morgan fingerprint density at radius 1 is 1.08 bits per heavy atom. The molecule has 130 valence electrons. The summed E-state index contributed by atoms with van der Waals surface area (Å²) in [5.41, 5.74) is 3.49. The van der Waals surface area contributed by atoms with E-state index in [1.54, 1.807) is 6.07 Å². The lowest BCUT2D eigenvalue weighted by Crippen LogP contribution is -2.10. The highest BCUT2D eigenvalue weighted by Crippen LogP contribution is 2.27. The minimum atomic E-state index is -0.410. The largest absolute Gasteiger partial charge is 0.459 e. The van der Waals surface area contributed by atoms with Crippen molar-refractivity contribution in [3.63, 3.8) is 0 Å². The number of fused-ring (bicyclic) bond motifs is 2. The van der Waals surface area contributed by atoms with E-state index in [0.717, 1.165) is 21.9 Å². The van der Waals surface area contributed by atoms with Crippen LogP contribution >= 0.6 is 11.6 Å². The molecule has 4 rings (SSSR count). The van der Waals surface area contributed by atoms with Gasteiger partial charge in [0.2, 0.25) is 0 Å². The summed E-state index contributed by atoms with van der Waals surface area (Å²) in [6, 6.07) is 15.1. The molecule has 0 spiro atoms. The van der Waals surface area contributed by atoms with Gasteiger partial charge in [0, 0.05) is 10.8 Å². The van der Waals surface area contributed by atoms with Crippen molar-refractivity contribution in [2.75, 3.05) is 0 Å². The first-order chi connectivity index (χ1) is 12.6. The van der Waals surface area contributed by atoms with Crippen molar-refractivity contribution in [2.24, 2.45) is 0 Å². The number of carbonyl (C=O) groups excluding carboxylic acids is 1. The number of nitrogens with zero attached hydrogens (tertiary/aromatic N) is 2. The molecular weight excluding hydrogens is 352 g/mol. The average molecular weight is 367 g/mol. The molecule has 6 heteroatoms. The molecule has 0 unspecified atom stereocenters. The molecule has 2 heterocycles. The fourth-order valence-electron chi connectivity index (χ4n) is 2.92. The second-order valence-corrected chi connectivity index (χ2v) is 6.36. The molecule has 0 saturated heterocycles. The van der Waals surface area contributed by atoms with Gasteiger partial charge in [0.1, 0.15) is 12.3 Å². The maximum absolute atomic E-state index is 12.2. The lowest BCUT2D eigenvalue weighted by Gasteiger charge is -2.10. The van der Waals surface area contributed by atoms with E-state index in [2.05, 4.69) is 10.1 Å². The van der Waals surface area contributed by atoms with Crippen molar-refractivity contribution in [1.29, 1.82) is 0 Å². The summed E-state index contributed by atoms with van der Waals surface area (Å²) in [6.45, 7) is 1.94. The summed E-state index contributed by atoms with van der Waals surface area (Å²) in [5.74, 6) is -0.410. The average Bonchev–Trinajstić information content (AvgIpc) is 3.06. The summed E-state index contributed by atoms with van der Waals surface area (Å²) in [6.07, 6.45) is 0.0290. The highest BCUT2D eigenvalue weighted by Gasteiger charge is 2.15. The van der Waals surface area contributed by atoms with E-state index in [9.17, 15) is 4.79 Å². The second-order valence-electron chi connectivity index (χ2n) is 5.98. The Labute approximate surface area is 154 Å². The van der Waals surface area contributed by atoms with Crippen LogP contribution < -0.4 is 0 Å². The number of rotatable bonds is 4. The number of carbonyl (C=O) groups is 1. The third-order valence-electron chi connectivity index (χ3n) is 4.28. The van der Waals surface area contributed by atoms with E-state index in [1.165, 1.54) is 0 Å². The van der Waals surface area contributed by atoms with E-state index < -0.39 is 5.97 Å². The molecule has 0 aliphatic heterocycles. The molecule has 0 aliphatic rings. The number of hydrogen-bond donors (Lipinski definition) is 0. The molecule has 0 radical (unpaired) electrons. The maximum atomic E-state index is 12.2. The summed E-state index contributed by atoms with van der Waals surface area (Å²) < 4.78 is 10.6. The first-order valence-corrected chi connectivity index (χ1v) is 8.54. The van der Waals surface area contributed by atoms with Gasteiger partial charge in [0.15, 0.2) is 5.58 Å². The predicted molar refractivity (Wildman–Crippen MR) is 99.0 cm³/mol. The predicted octanol–water partition coefficient (Wildman–Crippen LogP) is 4.62. The van der Waals surface area contributed by atoms with E-state index in [4.69, 9.17) is 20.9 Å². The van der Waals surface area contributed by atoms with Gasteiger partial charge in [-0.05, 0) is 30.7 Å². The number of ether oxygens (including phenoxy) is 1. The molecule has 2 aromatic carbocycles. The number of halogens is 1. The first kappa shape index (κ1) is 16.5. The number of aryl methyl sites for hydroxylation is 1. The molecule has 0 aliphatic carbocycles. The summed E-state index contributed by atoms with van der Waals surface area (Å²) in [5, 5.41) is 6.26. The number of hydrogen-bond acceptors (Lipinski definition) is 5. The molecular formula is C20H15ClN2O3. The molecule has 5 nitrogen and oxygen atoms in total. The monoisotopic (exact) mass is 366 g/mol. The summed E-state index contributed by atoms with van der Waals surface area (Å²) in [7, 11) is 0. The van der Waals surface area contributed by atoms with Crippen molar-refractivity contribution in [3.8, 4) is 0 Å². The Kier molecular flexibility index (Phi) is 4.31. The van der Waals surface area contributed by atoms with Crippen molar-refractivity contribution in [3.05, 3.63) is 70.5 Å². The fraction of sp³-hybridized carbons (Fsp3) is 0.150. The highest BCUT2D eigenvalue weighted by atomic mass is 35.5. The zero-order valence-electron chi connectivity index (χ0n) is 14.0. The zero-order chi connectivity index (χ0) is 18.1. The molecule has 0 fully saturated rings. The van der Waals surface area contributed by atoms with Crippen molar-refractivity contribution < 1.29 is 14.1 Å². The van der Waals surface area contributed by atoms with Gasteiger partial charge in [0.25, 0.3) is 0 Å². The topological polar surface area (TPSA) is 65.2 Å². The van der Waals surface area contributed by atoms with Crippen LogP contribution in [0.5, 0.6) is 0 Å². The Balaban J connectivity index is 1.51. The minimum Gasteiger partial charge on any atom is -0.459 e. The number of esters is 1. The Morgan fingerprint density at radius 2 is 1.81 bits per heavy atom. The van der Waals surface area contributed by atoms with E-state index >= 15 is 0 Å². The van der Waals surface area contributed by atoms with Crippen molar-refractivity contribution in [2.45, 2.75) is 20.0 Å². The van der Waals surface area contributed by atoms with Gasteiger partial charge in [-0.2, -0.15) is 0 Å². The molecule has 0 N–H and O–H groups in total. The molecule has 0 saturated carbocycles. The minimum absolute atomic E-state index is 0.0130. The first-order valence-electron chi connectivity index (χ1n) is 8.16. The Hall–Kier alpha value is -2.92. The standard InChI is InChI=1S/C20H15ClN2O3/c1-12-13-6-2-4-8-15(13)22-17(20(12)21)11-25-19(24)10-16-14-7-3-5-9-18(14)26-23-16/h2-9H,10-11H2,1H3. The van der Waals surface area contributed by atoms with Gasteiger partial charge in [-0.1, -0.05) is 47.1 Å². The molecule has 0 atom stereocenters. The Morgan fingerprint density at radius 3 is 2.65 bits per heavy atom. The quantitative estimate of drug-likeness (QED) is 0.493. The van der Waals surface area contributed by atoms with Crippen LogP contribution in [-0.4, -0.2) is 16.1 Å². The van der Waals surface area contributed by atoms with Crippen LogP contribution in [0.3, 0.4) is 0 Å². The van der Waals surface area contributed by atoms with Crippen molar-refractivity contribution >= 4 is 39.4 Å². The van der Waals surface area contributed by atoms with Crippen LogP contribution in [0.15, 0.2) is 53.1 Å². The Bertz CT molecular complexity index is 1120.